The first-order valence-corrected chi connectivity index (χ1v) is 12.7. The quantitative estimate of drug-likeness (QED) is 0.213. The van der Waals surface area contributed by atoms with E-state index in [9.17, 15) is 4.79 Å². The fourth-order valence-electron chi connectivity index (χ4n) is 3.34. The molecule has 6 nitrogen and oxygen atoms in total. The van der Waals surface area contributed by atoms with Crippen LogP contribution in [0.4, 0.5) is 5.69 Å². The molecule has 2 aromatic carbocycles. The van der Waals surface area contributed by atoms with Crippen molar-refractivity contribution in [1.82, 2.24) is 9.88 Å². The number of ether oxygens (including phenoxy) is 2. The smallest absolute Gasteiger partial charge is 0.267 e. The summed E-state index contributed by atoms with van der Waals surface area (Å²) in [5.74, 6) is 1.05. The first-order valence-electron chi connectivity index (χ1n) is 11.1. The molecular formula is C27H23Cl2N3O3S. The number of rotatable bonds is 9. The molecule has 0 N–H and O–H groups in total. The minimum Gasteiger partial charge on any atom is -0.490 e. The van der Waals surface area contributed by atoms with E-state index in [1.165, 1.54) is 18.0 Å². The van der Waals surface area contributed by atoms with Crippen LogP contribution in [0.15, 0.2) is 83.5 Å². The summed E-state index contributed by atoms with van der Waals surface area (Å²) in [6, 6.07) is 14.8. The Hall–Kier alpha value is -3.26. The lowest BCUT2D eigenvalue weighted by atomic mass is 10.1. The van der Waals surface area contributed by atoms with E-state index in [1.54, 1.807) is 23.2 Å². The highest BCUT2D eigenvalue weighted by Gasteiger charge is 2.32. The van der Waals surface area contributed by atoms with Crippen LogP contribution >= 0.6 is 35.0 Å². The highest BCUT2D eigenvalue weighted by atomic mass is 35.5. The van der Waals surface area contributed by atoms with Gasteiger partial charge in [-0.3, -0.25) is 14.7 Å². The van der Waals surface area contributed by atoms with E-state index < -0.39 is 0 Å². The topological polar surface area (TPSA) is 64.0 Å². The molecule has 0 spiro atoms. The Morgan fingerprint density at radius 1 is 1.11 bits per heavy atom. The summed E-state index contributed by atoms with van der Waals surface area (Å²) < 4.78 is 11.8. The Balaban J connectivity index is 1.58. The van der Waals surface area contributed by atoms with Gasteiger partial charge in [-0.05, 0) is 66.2 Å². The third-order valence-electron chi connectivity index (χ3n) is 5.04. The summed E-state index contributed by atoms with van der Waals surface area (Å²) in [4.78, 5) is 23.8. The van der Waals surface area contributed by atoms with Crippen LogP contribution in [0.3, 0.4) is 0 Å². The van der Waals surface area contributed by atoms with Gasteiger partial charge in [0.05, 0.1) is 22.2 Å². The molecule has 0 unspecified atom stereocenters. The Morgan fingerprint density at radius 3 is 2.64 bits per heavy atom. The molecule has 0 radical (unpaired) electrons. The Morgan fingerprint density at radius 2 is 1.92 bits per heavy atom. The average molecular weight is 540 g/mol. The maximum absolute atomic E-state index is 13.1. The highest BCUT2D eigenvalue weighted by Crippen LogP contribution is 2.37. The molecule has 36 heavy (non-hydrogen) atoms. The standard InChI is InChI=1S/C27H23Cl2N3O3S/c1-3-13-32-26(33)25(36-27(32)31-22-11-12-30-16-21(22)29)15-19-7-10-23(24(14-19)34-4-2)35-17-18-5-8-20(28)9-6-18/h3,5-12,14-16H,1,4,13,17H2,2H3/b25-15-,31-27?. The zero-order chi connectivity index (χ0) is 25.5. The number of thioether (sulfide) groups is 1. The van der Waals surface area contributed by atoms with Crippen LogP contribution in [-0.2, 0) is 11.4 Å². The van der Waals surface area contributed by atoms with Crippen LogP contribution in [0.5, 0.6) is 11.5 Å². The summed E-state index contributed by atoms with van der Waals surface area (Å²) in [6.07, 6.45) is 6.59. The van der Waals surface area contributed by atoms with Crippen molar-refractivity contribution in [1.29, 1.82) is 0 Å². The molecular weight excluding hydrogens is 517 g/mol. The largest absolute Gasteiger partial charge is 0.490 e. The molecule has 0 aliphatic carbocycles. The first-order chi connectivity index (χ1) is 17.5. The van der Waals surface area contributed by atoms with Crippen molar-refractivity contribution in [3.63, 3.8) is 0 Å². The van der Waals surface area contributed by atoms with Gasteiger partial charge in [-0.15, -0.1) is 6.58 Å². The number of nitrogens with zero attached hydrogens (tertiary/aromatic N) is 3. The molecule has 0 atom stereocenters. The van der Waals surface area contributed by atoms with Crippen molar-refractivity contribution >= 4 is 57.8 Å². The molecule has 1 fully saturated rings. The molecule has 0 bridgehead atoms. The monoisotopic (exact) mass is 539 g/mol. The number of amidine groups is 1. The normalized spacial score (nSPS) is 15.5. The Bertz CT molecular complexity index is 1330. The van der Waals surface area contributed by atoms with Crippen LogP contribution < -0.4 is 9.47 Å². The van der Waals surface area contributed by atoms with E-state index in [0.29, 0.717) is 57.1 Å². The molecule has 2 heterocycles. The highest BCUT2D eigenvalue weighted by molar-refractivity contribution is 8.18. The molecule has 1 amide bonds. The maximum atomic E-state index is 13.1. The number of carbonyl (C=O) groups is 1. The number of carbonyl (C=O) groups excluding carboxylic acids is 1. The van der Waals surface area contributed by atoms with Crippen LogP contribution in [0.25, 0.3) is 6.08 Å². The number of amides is 1. The number of pyridine rings is 1. The van der Waals surface area contributed by atoms with E-state index in [2.05, 4.69) is 16.6 Å². The van der Waals surface area contributed by atoms with E-state index in [1.807, 2.05) is 55.5 Å². The van der Waals surface area contributed by atoms with E-state index in [4.69, 9.17) is 32.7 Å². The fraction of sp³-hybridized carbons (Fsp3) is 0.148. The summed E-state index contributed by atoms with van der Waals surface area (Å²) in [5, 5.41) is 1.60. The summed E-state index contributed by atoms with van der Waals surface area (Å²) in [5.41, 5.74) is 2.33. The van der Waals surface area contributed by atoms with Gasteiger partial charge in [0.25, 0.3) is 5.91 Å². The summed E-state index contributed by atoms with van der Waals surface area (Å²) >= 11 is 13.5. The van der Waals surface area contributed by atoms with Gasteiger partial charge in [-0.25, -0.2) is 4.99 Å². The number of benzene rings is 2. The van der Waals surface area contributed by atoms with Crippen molar-refractivity contribution in [2.24, 2.45) is 4.99 Å². The van der Waals surface area contributed by atoms with Gasteiger partial charge in [0.1, 0.15) is 6.61 Å². The predicted octanol–water partition coefficient (Wildman–Crippen LogP) is 7.16. The molecule has 1 saturated heterocycles. The predicted molar refractivity (Wildman–Crippen MR) is 147 cm³/mol. The maximum Gasteiger partial charge on any atom is 0.267 e. The van der Waals surface area contributed by atoms with Gasteiger partial charge in [0, 0.05) is 24.0 Å². The van der Waals surface area contributed by atoms with Crippen LogP contribution in [0, 0.1) is 0 Å². The van der Waals surface area contributed by atoms with E-state index >= 15 is 0 Å². The molecule has 1 aromatic heterocycles. The Labute approximate surface area is 224 Å². The molecule has 9 heteroatoms. The summed E-state index contributed by atoms with van der Waals surface area (Å²) in [6.45, 7) is 6.84. The zero-order valence-corrected chi connectivity index (χ0v) is 21.8. The second-order valence-electron chi connectivity index (χ2n) is 7.59. The minimum atomic E-state index is -0.162. The van der Waals surface area contributed by atoms with Crippen molar-refractivity contribution < 1.29 is 14.3 Å². The van der Waals surface area contributed by atoms with Crippen molar-refractivity contribution in [2.45, 2.75) is 13.5 Å². The molecule has 1 aliphatic rings. The van der Waals surface area contributed by atoms with Gasteiger partial charge in [0.15, 0.2) is 16.7 Å². The lowest BCUT2D eigenvalue weighted by molar-refractivity contribution is -0.121. The van der Waals surface area contributed by atoms with Crippen LogP contribution in [-0.4, -0.2) is 34.1 Å². The van der Waals surface area contributed by atoms with Gasteiger partial charge < -0.3 is 9.47 Å². The van der Waals surface area contributed by atoms with Gasteiger partial charge in [-0.1, -0.05) is 47.5 Å². The first kappa shape index (κ1) is 25.8. The molecule has 0 saturated carbocycles. The molecule has 3 aromatic rings. The average Bonchev–Trinajstić information content (AvgIpc) is 3.15. The second-order valence-corrected chi connectivity index (χ2v) is 9.44. The SMILES string of the molecule is C=CCN1C(=O)/C(=C/c2ccc(OCc3ccc(Cl)cc3)c(OCC)c2)SC1=Nc1ccncc1Cl. The number of hydrogen-bond donors (Lipinski definition) is 0. The number of hydrogen-bond acceptors (Lipinski definition) is 6. The fourth-order valence-corrected chi connectivity index (χ4v) is 4.63. The molecule has 184 valence electrons. The summed E-state index contributed by atoms with van der Waals surface area (Å²) in [7, 11) is 0. The lowest BCUT2D eigenvalue weighted by Gasteiger charge is -2.13. The number of aromatic nitrogens is 1. The van der Waals surface area contributed by atoms with E-state index in [0.717, 1.165) is 11.1 Å². The zero-order valence-electron chi connectivity index (χ0n) is 19.5. The van der Waals surface area contributed by atoms with Crippen molar-refractivity contribution in [3.8, 4) is 11.5 Å². The van der Waals surface area contributed by atoms with Crippen LogP contribution in [0.1, 0.15) is 18.1 Å². The Kier molecular flexibility index (Phi) is 8.70. The van der Waals surface area contributed by atoms with Crippen molar-refractivity contribution in [3.05, 3.63) is 99.7 Å². The lowest BCUT2D eigenvalue weighted by Crippen LogP contribution is -2.29. The number of halogens is 2. The van der Waals surface area contributed by atoms with E-state index in [-0.39, 0.29) is 5.91 Å². The van der Waals surface area contributed by atoms with Crippen molar-refractivity contribution in [2.75, 3.05) is 13.2 Å². The van der Waals surface area contributed by atoms with Crippen LogP contribution in [0.2, 0.25) is 10.0 Å². The molecule has 1 aliphatic heterocycles. The van der Waals surface area contributed by atoms with Gasteiger partial charge in [0.2, 0.25) is 0 Å². The third kappa shape index (κ3) is 6.29. The van der Waals surface area contributed by atoms with Gasteiger partial charge >= 0.3 is 0 Å². The minimum absolute atomic E-state index is 0.162. The molecule has 4 rings (SSSR count). The third-order valence-corrected chi connectivity index (χ3v) is 6.59. The number of aliphatic imine (C=N–C) groups is 1. The van der Waals surface area contributed by atoms with Gasteiger partial charge in [-0.2, -0.15) is 0 Å². The second kappa shape index (κ2) is 12.1.